The minimum absolute atomic E-state index is 0.826. The fourth-order valence-electron chi connectivity index (χ4n) is 0.483. The Labute approximate surface area is 50.2 Å². The zero-order valence-corrected chi connectivity index (χ0v) is 5.52. The van der Waals surface area contributed by atoms with Crippen molar-refractivity contribution in [1.29, 1.82) is 0 Å². The van der Waals surface area contributed by atoms with Crippen LogP contribution in [0, 0.1) is 0 Å². The molecule has 0 fully saturated rings. The second-order valence-corrected chi connectivity index (χ2v) is 1.94. The summed E-state index contributed by atoms with van der Waals surface area (Å²) in [5.41, 5.74) is 0.826. The lowest BCUT2D eigenvalue weighted by Gasteiger charge is -1.91. The SMILES string of the molecule is CCCCC(C)=NO. The summed E-state index contributed by atoms with van der Waals surface area (Å²) in [6.07, 6.45) is 3.20. The molecule has 0 spiro atoms. The van der Waals surface area contributed by atoms with Crippen LogP contribution in [0.25, 0.3) is 0 Å². The Kier molecular flexibility index (Phi) is 4.32. The van der Waals surface area contributed by atoms with E-state index in [4.69, 9.17) is 5.21 Å². The number of nitrogens with zero attached hydrogens (tertiary/aromatic N) is 1. The van der Waals surface area contributed by atoms with Gasteiger partial charge in [-0.25, -0.2) is 0 Å². The van der Waals surface area contributed by atoms with Crippen LogP contribution in [-0.4, -0.2) is 10.9 Å². The Morgan fingerprint density at radius 1 is 1.62 bits per heavy atom. The van der Waals surface area contributed by atoms with Crippen molar-refractivity contribution in [3.8, 4) is 0 Å². The molecule has 1 N–H and O–H groups in total. The standard InChI is InChI=1S/C6H13NO/c1-3-4-5-6(2)7-8/h8H,3-5H2,1-2H3. The number of unbranched alkanes of at least 4 members (excludes halogenated alkanes) is 1. The van der Waals surface area contributed by atoms with E-state index in [1.165, 1.54) is 0 Å². The maximum atomic E-state index is 8.15. The minimum atomic E-state index is 0.826. The lowest BCUT2D eigenvalue weighted by Crippen LogP contribution is -1.88. The Morgan fingerprint density at radius 3 is 2.62 bits per heavy atom. The monoisotopic (exact) mass is 115 g/mol. The predicted molar refractivity (Wildman–Crippen MR) is 34.4 cm³/mol. The second kappa shape index (κ2) is 4.62. The van der Waals surface area contributed by atoms with Gasteiger partial charge < -0.3 is 5.21 Å². The van der Waals surface area contributed by atoms with E-state index < -0.39 is 0 Å². The highest BCUT2D eigenvalue weighted by Crippen LogP contribution is 1.94. The van der Waals surface area contributed by atoms with E-state index in [2.05, 4.69) is 12.1 Å². The molecule has 0 aliphatic heterocycles. The second-order valence-electron chi connectivity index (χ2n) is 1.94. The molecule has 0 rings (SSSR count). The highest BCUT2D eigenvalue weighted by molar-refractivity contribution is 5.81. The summed E-state index contributed by atoms with van der Waals surface area (Å²) in [7, 11) is 0. The molecule has 0 saturated carbocycles. The molecule has 0 aromatic heterocycles. The molecule has 8 heavy (non-hydrogen) atoms. The summed E-state index contributed by atoms with van der Waals surface area (Å²) < 4.78 is 0. The van der Waals surface area contributed by atoms with Gasteiger partial charge in [0.25, 0.3) is 0 Å². The molecule has 0 unspecified atom stereocenters. The molecule has 0 radical (unpaired) electrons. The Morgan fingerprint density at radius 2 is 2.25 bits per heavy atom. The van der Waals surface area contributed by atoms with Crippen molar-refractivity contribution in [3.05, 3.63) is 0 Å². The summed E-state index contributed by atoms with van der Waals surface area (Å²) in [5.74, 6) is 0. The predicted octanol–water partition coefficient (Wildman–Crippen LogP) is 2.03. The fourth-order valence-corrected chi connectivity index (χ4v) is 0.483. The van der Waals surface area contributed by atoms with Gasteiger partial charge in [0.15, 0.2) is 0 Å². The van der Waals surface area contributed by atoms with Crippen molar-refractivity contribution in [2.24, 2.45) is 5.16 Å². The number of rotatable bonds is 3. The third-order valence-corrected chi connectivity index (χ3v) is 1.06. The highest BCUT2D eigenvalue weighted by Gasteiger charge is 1.87. The minimum Gasteiger partial charge on any atom is -0.411 e. The van der Waals surface area contributed by atoms with Gasteiger partial charge in [-0.2, -0.15) is 0 Å². The molecular formula is C6H13NO. The van der Waals surface area contributed by atoms with E-state index in [9.17, 15) is 0 Å². The van der Waals surface area contributed by atoms with E-state index in [1.54, 1.807) is 0 Å². The van der Waals surface area contributed by atoms with Gasteiger partial charge in [0.2, 0.25) is 0 Å². The van der Waals surface area contributed by atoms with Crippen LogP contribution in [0.15, 0.2) is 5.16 Å². The molecule has 0 bridgehead atoms. The van der Waals surface area contributed by atoms with E-state index in [0.717, 1.165) is 25.0 Å². The maximum Gasteiger partial charge on any atom is 0.0540 e. The summed E-state index contributed by atoms with van der Waals surface area (Å²) in [6.45, 7) is 3.94. The summed E-state index contributed by atoms with van der Waals surface area (Å²) >= 11 is 0. The first kappa shape index (κ1) is 7.47. The molecule has 0 amide bonds. The van der Waals surface area contributed by atoms with Crippen LogP contribution in [0.3, 0.4) is 0 Å². The van der Waals surface area contributed by atoms with Crippen LogP contribution in [0.4, 0.5) is 0 Å². The van der Waals surface area contributed by atoms with Gasteiger partial charge in [-0.05, 0) is 19.8 Å². The van der Waals surface area contributed by atoms with Crippen molar-refractivity contribution in [2.75, 3.05) is 0 Å². The largest absolute Gasteiger partial charge is 0.411 e. The lowest BCUT2D eigenvalue weighted by molar-refractivity contribution is 0.317. The molecule has 2 heteroatoms. The van der Waals surface area contributed by atoms with Crippen LogP contribution in [0.2, 0.25) is 0 Å². The van der Waals surface area contributed by atoms with E-state index in [0.29, 0.717) is 0 Å². The van der Waals surface area contributed by atoms with E-state index >= 15 is 0 Å². The summed E-state index contributed by atoms with van der Waals surface area (Å²) in [5, 5.41) is 11.2. The van der Waals surface area contributed by atoms with Gasteiger partial charge in [-0.3, -0.25) is 0 Å². The smallest absolute Gasteiger partial charge is 0.0540 e. The van der Waals surface area contributed by atoms with Crippen molar-refractivity contribution < 1.29 is 5.21 Å². The van der Waals surface area contributed by atoms with Gasteiger partial charge in [0.05, 0.1) is 5.71 Å². The number of hydrogen-bond donors (Lipinski definition) is 1. The first-order valence-electron chi connectivity index (χ1n) is 2.98. The summed E-state index contributed by atoms with van der Waals surface area (Å²) in [4.78, 5) is 0. The highest BCUT2D eigenvalue weighted by atomic mass is 16.4. The van der Waals surface area contributed by atoms with Crippen molar-refractivity contribution in [1.82, 2.24) is 0 Å². The number of oxime groups is 1. The van der Waals surface area contributed by atoms with Gasteiger partial charge in [0.1, 0.15) is 0 Å². The molecule has 0 aromatic carbocycles. The van der Waals surface area contributed by atoms with Gasteiger partial charge in [-0.15, -0.1) is 0 Å². The maximum absolute atomic E-state index is 8.15. The molecule has 0 heterocycles. The number of hydrogen-bond acceptors (Lipinski definition) is 2. The first-order chi connectivity index (χ1) is 3.81. The lowest BCUT2D eigenvalue weighted by atomic mass is 10.2. The third kappa shape index (κ3) is 3.65. The van der Waals surface area contributed by atoms with Gasteiger partial charge in [-0.1, -0.05) is 18.5 Å². The van der Waals surface area contributed by atoms with Crippen LogP contribution in [-0.2, 0) is 0 Å². The van der Waals surface area contributed by atoms with Crippen LogP contribution >= 0.6 is 0 Å². The van der Waals surface area contributed by atoms with E-state index in [1.807, 2.05) is 6.92 Å². The zero-order valence-electron chi connectivity index (χ0n) is 5.52. The molecule has 2 nitrogen and oxygen atoms in total. The normalized spacial score (nSPS) is 12.0. The molecule has 0 aromatic rings. The van der Waals surface area contributed by atoms with Crippen molar-refractivity contribution in [3.63, 3.8) is 0 Å². The zero-order chi connectivity index (χ0) is 6.41. The molecule has 0 aliphatic carbocycles. The van der Waals surface area contributed by atoms with Crippen LogP contribution in [0.5, 0.6) is 0 Å². The first-order valence-corrected chi connectivity index (χ1v) is 2.98. The van der Waals surface area contributed by atoms with E-state index in [-0.39, 0.29) is 0 Å². The molecular weight excluding hydrogens is 102 g/mol. The Balaban J connectivity index is 3.12. The van der Waals surface area contributed by atoms with Crippen LogP contribution < -0.4 is 0 Å². The Hall–Kier alpha value is -0.530. The average molecular weight is 115 g/mol. The van der Waals surface area contributed by atoms with Gasteiger partial charge >= 0.3 is 0 Å². The summed E-state index contributed by atoms with van der Waals surface area (Å²) in [6, 6.07) is 0. The van der Waals surface area contributed by atoms with Crippen LogP contribution in [0.1, 0.15) is 33.1 Å². The fraction of sp³-hybridized carbons (Fsp3) is 0.833. The quantitative estimate of drug-likeness (QED) is 0.340. The molecule has 0 aliphatic rings. The molecule has 48 valence electrons. The van der Waals surface area contributed by atoms with Crippen molar-refractivity contribution in [2.45, 2.75) is 33.1 Å². The Bertz CT molecular complexity index is 78.6. The molecule has 0 saturated heterocycles. The molecule has 0 atom stereocenters. The average Bonchev–Trinajstić information content (AvgIpc) is 1.83. The third-order valence-electron chi connectivity index (χ3n) is 1.06. The van der Waals surface area contributed by atoms with Crippen molar-refractivity contribution >= 4 is 5.71 Å². The van der Waals surface area contributed by atoms with Gasteiger partial charge in [0, 0.05) is 0 Å². The topological polar surface area (TPSA) is 32.6 Å².